The minimum absolute atomic E-state index is 0.0454. The van der Waals surface area contributed by atoms with Crippen molar-refractivity contribution in [3.05, 3.63) is 35.4 Å². The molecule has 0 saturated heterocycles. The Labute approximate surface area is 107 Å². The number of carboxylic acids is 1. The van der Waals surface area contributed by atoms with Crippen molar-refractivity contribution in [2.24, 2.45) is 5.73 Å². The molecule has 2 rings (SSSR count). The van der Waals surface area contributed by atoms with Gasteiger partial charge < -0.3 is 15.6 Å². The Morgan fingerprint density at radius 3 is 2.67 bits per heavy atom. The number of hydrogen-bond acceptors (Lipinski definition) is 3. The van der Waals surface area contributed by atoms with Crippen LogP contribution in [0.5, 0.6) is 0 Å². The van der Waals surface area contributed by atoms with E-state index < -0.39 is 5.97 Å². The van der Waals surface area contributed by atoms with E-state index in [1.165, 1.54) is 0 Å². The Morgan fingerprint density at radius 2 is 2.06 bits per heavy atom. The Bertz CT molecular complexity index is 419. The number of nitrogens with two attached hydrogens (primary N) is 1. The maximum Gasteiger partial charge on any atom is 0.307 e. The third-order valence-electron chi connectivity index (χ3n) is 3.36. The highest BCUT2D eigenvalue weighted by atomic mass is 16.5. The zero-order valence-electron chi connectivity index (χ0n) is 10.3. The summed E-state index contributed by atoms with van der Waals surface area (Å²) < 4.78 is 5.81. The highest BCUT2D eigenvalue weighted by molar-refractivity contribution is 5.70. The minimum atomic E-state index is -0.815. The Morgan fingerprint density at radius 1 is 1.33 bits per heavy atom. The third-order valence-corrected chi connectivity index (χ3v) is 3.36. The van der Waals surface area contributed by atoms with E-state index in [0.717, 1.165) is 30.4 Å². The van der Waals surface area contributed by atoms with Gasteiger partial charge in [0.05, 0.1) is 19.1 Å². The van der Waals surface area contributed by atoms with Gasteiger partial charge in [-0.15, -0.1) is 0 Å². The summed E-state index contributed by atoms with van der Waals surface area (Å²) >= 11 is 0. The van der Waals surface area contributed by atoms with Crippen LogP contribution in [0.4, 0.5) is 0 Å². The van der Waals surface area contributed by atoms with Crippen LogP contribution in [0.1, 0.15) is 30.4 Å². The second-order valence-corrected chi connectivity index (χ2v) is 4.85. The van der Waals surface area contributed by atoms with Crippen LogP contribution in [0.15, 0.2) is 24.3 Å². The van der Waals surface area contributed by atoms with Crippen LogP contribution in [-0.4, -0.2) is 23.2 Å². The molecule has 0 spiro atoms. The highest BCUT2D eigenvalue weighted by Gasteiger charge is 2.22. The van der Waals surface area contributed by atoms with Gasteiger partial charge in [-0.1, -0.05) is 24.3 Å². The van der Waals surface area contributed by atoms with Crippen LogP contribution < -0.4 is 5.73 Å². The van der Waals surface area contributed by atoms with E-state index in [0.29, 0.717) is 6.61 Å². The molecular formula is C14H19NO3. The fourth-order valence-electron chi connectivity index (χ4n) is 2.37. The first kappa shape index (κ1) is 13.1. The molecule has 1 fully saturated rings. The molecule has 0 radical (unpaired) electrons. The fraction of sp³-hybridized carbons (Fsp3) is 0.500. The van der Waals surface area contributed by atoms with Crippen LogP contribution in [0.2, 0.25) is 0 Å². The summed E-state index contributed by atoms with van der Waals surface area (Å²) in [6.07, 6.45) is 3.19. The number of carboxylic acid groups (broad SMARTS) is 1. The lowest BCUT2D eigenvalue weighted by Crippen LogP contribution is -2.17. The number of benzene rings is 1. The second-order valence-electron chi connectivity index (χ2n) is 4.85. The molecule has 1 aliphatic carbocycles. The maximum atomic E-state index is 10.8. The number of carbonyl (C=O) groups is 1. The first-order valence-electron chi connectivity index (χ1n) is 6.31. The first-order valence-corrected chi connectivity index (χ1v) is 6.31. The summed E-state index contributed by atoms with van der Waals surface area (Å²) in [5.41, 5.74) is 7.62. The van der Waals surface area contributed by atoms with Crippen LogP contribution in [0.3, 0.4) is 0 Å². The number of hydrogen-bond donors (Lipinski definition) is 2. The van der Waals surface area contributed by atoms with Gasteiger partial charge in [0.2, 0.25) is 0 Å². The van der Waals surface area contributed by atoms with Crippen molar-refractivity contribution in [1.82, 2.24) is 0 Å². The molecule has 18 heavy (non-hydrogen) atoms. The molecule has 1 aromatic carbocycles. The molecule has 2 unspecified atom stereocenters. The maximum absolute atomic E-state index is 10.8. The van der Waals surface area contributed by atoms with E-state index in [1.54, 1.807) is 0 Å². The zero-order chi connectivity index (χ0) is 13.0. The SMILES string of the molecule is NC1CCC(OCc2ccccc2CC(=O)O)C1. The van der Waals surface area contributed by atoms with E-state index >= 15 is 0 Å². The van der Waals surface area contributed by atoms with Gasteiger partial charge in [-0.05, 0) is 30.4 Å². The third kappa shape index (κ3) is 3.55. The van der Waals surface area contributed by atoms with E-state index in [4.69, 9.17) is 15.6 Å². The summed E-state index contributed by atoms with van der Waals surface area (Å²) in [4.78, 5) is 10.8. The van der Waals surface area contributed by atoms with Gasteiger partial charge in [0.15, 0.2) is 0 Å². The Kier molecular flexibility index (Phi) is 4.33. The van der Waals surface area contributed by atoms with E-state index in [1.807, 2.05) is 24.3 Å². The van der Waals surface area contributed by atoms with Crippen molar-refractivity contribution >= 4 is 5.97 Å². The lowest BCUT2D eigenvalue weighted by atomic mass is 10.1. The Balaban J connectivity index is 1.94. The lowest BCUT2D eigenvalue weighted by molar-refractivity contribution is -0.136. The van der Waals surface area contributed by atoms with Crippen LogP contribution in [0, 0.1) is 0 Å². The van der Waals surface area contributed by atoms with E-state index in [2.05, 4.69) is 0 Å². The molecule has 0 bridgehead atoms. The van der Waals surface area contributed by atoms with Gasteiger partial charge in [0.25, 0.3) is 0 Å². The molecule has 3 N–H and O–H groups in total. The molecule has 1 saturated carbocycles. The zero-order valence-corrected chi connectivity index (χ0v) is 10.3. The smallest absolute Gasteiger partial charge is 0.307 e. The lowest BCUT2D eigenvalue weighted by Gasteiger charge is -2.13. The Hall–Kier alpha value is -1.39. The normalized spacial score (nSPS) is 23.2. The van der Waals surface area contributed by atoms with Crippen molar-refractivity contribution in [1.29, 1.82) is 0 Å². The molecule has 0 aromatic heterocycles. The average Bonchev–Trinajstić information content (AvgIpc) is 2.73. The van der Waals surface area contributed by atoms with Gasteiger partial charge in [-0.3, -0.25) is 4.79 Å². The second kappa shape index (κ2) is 5.98. The molecule has 1 aromatic rings. The molecule has 0 amide bonds. The summed E-state index contributed by atoms with van der Waals surface area (Å²) in [5, 5.41) is 8.85. The van der Waals surface area contributed by atoms with E-state index in [9.17, 15) is 4.79 Å². The van der Waals surface area contributed by atoms with E-state index in [-0.39, 0.29) is 18.6 Å². The molecular weight excluding hydrogens is 230 g/mol. The van der Waals surface area contributed by atoms with Gasteiger partial charge >= 0.3 is 5.97 Å². The van der Waals surface area contributed by atoms with Crippen molar-refractivity contribution < 1.29 is 14.6 Å². The topological polar surface area (TPSA) is 72.5 Å². The quantitative estimate of drug-likeness (QED) is 0.833. The molecule has 4 heteroatoms. The predicted octanol–water partition coefficient (Wildman–Crippen LogP) is 1.71. The summed E-state index contributed by atoms with van der Waals surface area (Å²) in [6.45, 7) is 0.473. The molecule has 98 valence electrons. The predicted molar refractivity (Wildman–Crippen MR) is 68.2 cm³/mol. The molecule has 2 atom stereocenters. The van der Waals surface area contributed by atoms with Gasteiger partial charge in [0, 0.05) is 6.04 Å². The van der Waals surface area contributed by atoms with Gasteiger partial charge in [-0.25, -0.2) is 0 Å². The van der Waals surface area contributed by atoms with Crippen LogP contribution >= 0.6 is 0 Å². The van der Waals surface area contributed by atoms with Crippen molar-refractivity contribution in [3.63, 3.8) is 0 Å². The summed E-state index contributed by atoms with van der Waals surface area (Å²) in [6, 6.07) is 7.78. The molecule has 4 nitrogen and oxygen atoms in total. The molecule has 0 heterocycles. The van der Waals surface area contributed by atoms with Gasteiger partial charge in [-0.2, -0.15) is 0 Å². The van der Waals surface area contributed by atoms with Gasteiger partial charge in [0.1, 0.15) is 0 Å². The molecule has 0 aliphatic heterocycles. The average molecular weight is 249 g/mol. The standard InChI is InChI=1S/C14H19NO3/c15-12-5-6-13(8-12)18-9-11-4-2-1-3-10(11)7-14(16)17/h1-4,12-13H,5-9,15H2,(H,16,17). The number of rotatable bonds is 5. The van der Waals surface area contributed by atoms with Crippen LogP contribution in [0.25, 0.3) is 0 Å². The van der Waals surface area contributed by atoms with Crippen molar-refractivity contribution in [2.45, 2.75) is 44.4 Å². The number of ether oxygens (including phenoxy) is 1. The number of aliphatic carboxylic acids is 1. The first-order chi connectivity index (χ1) is 8.65. The minimum Gasteiger partial charge on any atom is -0.481 e. The summed E-state index contributed by atoms with van der Waals surface area (Å²) in [5.74, 6) is -0.815. The summed E-state index contributed by atoms with van der Waals surface area (Å²) in [7, 11) is 0. The van der Waals surface area contributed by atoms with Crippen LogP contribution in [-0.2, 0) is 22.6 Å². The van der Waals surface area contributed by atoms with Crippen molar-refractivity contribution in [2.75, 3.05) is 0 Å². The monoisotopic (exact) mass is 249 g/mol. The fourth-order valence-corrected chi connectivity index (χ4v) is 2.37. The highest BCUT2D eigenvalue weighted by Crippen LogP contribution is 2.22. The van der Waals surface area contributed by atoms with Crippen molar-refractivity contribution in [3.8, 4) is 0 Å². The largest absolute Gasteiger partial charge is 0.481 e. The molecule has 1 aliphatic rings.